The van der Waals surface area contributed by atoms with E-state index in [2.05, 4.69) is 10.7 Å². The second-order valence-electron chi connectivity index (χ2n) is 2.74. The van der Waals surface area contributed by atoms with Crippen molar-refractivity contribution in [3.05, 3.63) is 23.8 Å². The quantitative estimate of drug-likeness (QED) is 0.366. The first kappa shape index (κ1) is 9.83. The Kier molecular flexibility index (Phi) is 3.54. The van der Waals surface area contributed by atoms with Gasteiger partial charge in [-0.05, 0) is 30.7 Å². The van der Waals surface area contributed by atoms with Crippen LogP contribution in [0.2, 0.25) is 0 Å². The standard InChI is InChI=1S/C9H15N3O/c1-7-5-8(11-6-12-10)3-4-9(7)13-2/h3-5,11-12H,6,10H2,1-2H3. The highest BCUT2D eigenvalue weighted by molar-refractivity contribution is 5.50. The van der Waals surface area contributed by atoms with Crippen molar-refractivity contribution in [1.82, 2.24) is 5.43 Å². The Morgan fingerprint density at radius 1 is 1.46 bits per heavy atom. The normalized spacial score (nSPS) is 9.77. The summed E-state index contributed by atoms with van der Waals surface area (Å²) in [5.41, 5.74) is 4.65. The molecule has 0 amide bonds. The van der Waals surface area contributed by atoms with Gasteiger partial charge in [0, 0.05) is 5.69 Å². The molecule has 1 rings (SSSR count). The minimum atomic E-state index is 0.547. The number of nitrogens with two attached hydrogens (primary N) is 1. The zero-order valence-electron chi connectivity index (χ0n) is 7.92. The van der Waals surface area contributed by atoms with Gasteiger partial charge < -0.3 is 10.1 Å². The zero-order valence-corrected chi connectivity index (χ0v) is 7.92. The summed E-state index contributed by atoms with van der Waals surface area (Å²) in [6.45, 7) is 2.55. The van der Waals surface area contributed by atoms with Crippen LogP contribution < -0.4 is 21.3 Å². The van der Waals surface area contributed by atoms with E-state index >= 15 is 0 Å². The Hall–Kier alpha value is -1.26. The highest BCUT2D eigenvalue weighted by Crippen LogP contribution is 2.20. The van der Waals surface area contributed by atoms with Crippen LogP contribution in [-0.2, 0) is 0 Å². The molecular formula is C9H15N3O. The topological polar surface area (TPSA) is 59.3 Å². The molecule has 72 valence electrons. The number of benzene rings is 1. The first-order valence-electron chi connectivity index (χ1n) is 4.10. The molecule has 1 aromatic rings. The number of methoxy groups -OCH3 is 1. The zero-order chi connectivity index (χ0) is 9.68. The smallest absolute Gasteiger partial charge is 0.121 e. The van der Waals surface area contributed by atoms with Crippen LogP contribution in [0.3, 0.4) is 0 Å². The minimum Gasteiger partial charge on any atom is -0.496 e. The van der Waals surface area contributed by atoms with Crippen molar-refractivity contribution in [2.45, 2.75) is 6.92 Å². The van der Waals surface area contributed by atoms with Crippen molar-refractivity contribution >= 4 is 5.69 Å². The van der Waals surface area contributed by atoms with Gasteiger partial charge in [-0.1, -0.05) is 0 Å². The van der Waals surface area contributed by atoms with E-state index < -0.39 is 0 Å². The second kappa shape index (κ2) is 4.69. The lowest BCUT2D eigenvalue weighted by molar-refractivity contribution is 0.412. The molecule has 4 nitrogen and oxygen atoms in total. The van der Waals surface area contributed by atoms with E-state index in [-0.39, 0.29) is 0 Å². The van der Waals surface area contributed by atoms with E-state index in [0.29, 0.717) is 6.67 Å². The van der Waals surface area contributed by atoms with E-state index in [9.17, 15) is 0 Å². The van der Waals surface area contributed by atoms with E-state index in [1.807, 2.05) is 25.1 Å². The summed E-state index contributed by atoms with van der Waals surface area (Å²) in [4.78, 5) is 0. The van der Waals surface area contributed by atoms with E-state index in [0.717, 1.165) is 17.0 Å². The van der Waals surface area contributed by atoms with Crippen molar-refractivity contribution < 1.29 is 4.74 Å². The monoisotopic (exact) mass is 181 g/mol. The average molecular weight is 181 g/mol. The first-order chi connectivity index (χ1) is 6.27. The fourth-order valence-electron chi connectivity index (χ4n) is 1.14. The fourth-order valence-corrected chi connectivity index (χ4v) is 1.14. The van der Waals surface area contributed by atoms with Gasteiger partial charge in [-0.25, -0.2) is 5.43 Å². The molecule has 0 radical (unpaired) electrons. The maximum absolute atomic E-state index is 5.14. The Bertz CT molecular complexity index is 276. The lowest BCUT2D eigenvalue weighted by atomic mass is 10.2. The molecule has 0 saturated heterocycles. The molecule has 0 spiro atoms. The van der Waals surface area contributed by atoms with Crippen molar-refractivity contribution in [3.8, 4) is 5.75 Å². The molecule has 4 heteroatoms. The molecule has 4 N–H and O–H groups in total. The van der Waals surface area contributed by atoms with Crippen LogP contribution in [0, 0.1) is 6.92 Å². The summed E-state index contributed by atoms with van der Waals surface area (Å²) >= 11 is 0. The van der Waals surface area contributed by atoms with Gasteiger partial charge in [0.15, 0.2) is 0 Å². The van der Waals surface area contributed by atoms with Crippen molar-refractivity contribution in [2.24, 2.45) is 5.84 Å². The van der Waals surface area contributed by atoms with E-state index in [4.69, 9.17) is 10.6 Å². The van der Waals surface area contributed by atoms with Crippen LogP contribution in [0.25, 0.3) is 0 Å². The Morgan fingerprint density at radius 2 is 2.23 bits per heavy atom. The van der Waals surface area contributed by atoms with Crippen LogP contribution in [0.1, 0.15) is 5.56 Å². The highest BCUT2D eigenvalue weighted by Gasteiger charge is 1.98. The number of nitrogens with one attached hydrogen (secondary N) is 2. The first-order valence-corrected chi connectivity index (χ1v) is 4.10. The van der Waals surface area contributed by atoms with Gasteiger partial charge in [-0.15, -0.1) is 0 Å². The molecule has 0 bridgehead atoms. The number of anilines is 1. The molecular weight excluding hydrogens is 166 g/mol. The molecule has 0 aromatic heterocycles. The summed E-state index contributed by atoms with van der Waals surface area (Å²) in [5.74, 6) is 6.03. The van der Waals surface area contributed by atoms with Gasteiger partial charge in [0.2, 0.25) is 0 Å². The maximum Gasteiger partial charge on any atom is 0.121 e. The van der Waals surface area contributed by atoms with Gasteiger partial charge >= 0.3 is 0 Å². The SMILES string of the molecule is COc1ccc(NCNN)cc1C. The molecule has 13 heavy (non-hydrogen) atoms. The van der Waals surface area contributed by atoms with Crippen molar-refractivity contribution in [2.75, 3.05) is 19.1 Å². The molecule has 0 fully saturated rings. The third-order valence-electron chi connectivity index (χ3n) is 1.79. The lowest BCUT2D eigenvalue weighted by Gasteiger charge is -2.08. The maximum atomic E-state index is 5.14. The summed E-state index contributed by atoms with van der Waals surface area (Å²) < 4.78 is 5.14. The summed E-state index contributed by atoms with van der Waals surface area (Å²) in [6, 6.07) is 5.88. The number of hydrogen-bond donors (Lipinski definition) is 3. The van der Waals surface area contributed by atoms with Gasteiger partial charge in [0.1, 0.15) is 5.75 Å². The molecule has 0 atom stereocenters. The highest BCUT2D eigenvalue weighted by atomic mass is 16.5. The van der Waals surface area contributed by atoms with Crippen LogP contribution >= 0.6 is 0 Å². The number of aryl methyl sites for hydroxylation is 1. The molecule has 0 aliphatic rings. The van der Waals surface area contributed by atoms with E-state index in [1.165, 1.54) is 0 Å². The Morgan fingerprint density at radius 3 is 2.77 bits per heavy atom. The predicted octanol–water partition coefficient (Wildman–Crippen LogP) is 0.836. The van der Waals surface area contributed by atoms with Crippen molar-refractivity contribution in [3.63, 3.8) is 0 Å². The summed E-state index contributed by atoms with van der Waals surface area (Å²) in [5, 5.41) is 3.09. The lowest BCUT2D eigenvalue weighted by Crippen LogP contribution is -2.28. The minimum absolute atomic E-state index is 0.547. The van der Waals surface area contributed by atoms with Gasteiger partial charge in [-0.2, -0.15) is 0 Å². The Balaban J connectivity index is 2.71. The Labute approximate surface area is 78.0 Å². The van der Waals surface area contributed by atoms with Crippen molar-refractivity contribution in [1.29, 1.82) is 0 Å². The number of hydrazine groups is 1. The number of ether oxygens (including phenoxy) is 1. The van der Waals surface area contributed by atoms with Gasteiger partial charge in [0.25, 0.3) is 0 Å². The number of hydrogen-bond acceptors (Lipinski definition) is 4. The average Bonchev–Trinajstić information content (AvgIpc) is 2.15. The van der Waals surface area contributed by atoms with Gasteiger partial charge in [0.05, 0.1) is 13.8 Å². The van der Waals surface area contributed by atoms with Crippen LogP contribution in [0.5, 0.6) is 5.75 Å². The van der Waals surface area contributed by atoms with Crippen LogP contribution in [0.15, 0.2) is 18.2 Å². The predicted molar refractivity (Wildman–Crippen MR) is 53.5 cm³/mol. The summed E-state index contributed by atoms with van der Waals surface area (Å²) in [6.07, 6.45) is 0. The molecule has 1 aromatic carbocycles. The van der Waals surface area contributed by atoms with E-state index in [1.54, 1.807) is 7.11 Å². The fraction of sp³-hybridized carbons (Fsp3) is 0.333. The third-order valence-corrected chi connectivity index (χ3v) is 1.79. The second-order valence-corrected chi connectivity index (χ2v) is 2.74. The number of rotatable bonds is 4. The molecule has 0 saturated carbocycles. The third kappa shape index (κ3) is 2.61. The molecule has 0 aliphatic heterocycles. The summed E-state index contributed by atoms with van der Waals surface area (Å²) in [7, 11) is 1.66. The molecule has 0 unspecified atom stereocenters. The molecule has 0 aliphatic carbocycles. The molecule has 0 heterocycles. The van der Waals surface area contributed by atoms with Gasteiger partial charge in [-0.3, -0.25) is 5.84 Å². The van der Waals surface area contributed by atoms with Crippen LogP contribution in [-0.4, -0.2) is 13.8 Å². The van der Waals surface area contributed by atoms with Crippen LogP contribution in [0.4, 0.5) is 5.69 Å². The largest absolute Gasteiger partial charge is 0.496 e.